The number of unbranched alkanes of at least 4 members (excludes halogenated alkanes) is 2. The molecule has 248 valence electrons. The van der Waals surface area contributed by atoms with Crippen LogP contribution < -0.4 is 4.74 Å². The standard InChI is InChI=1S/C41H52O2.C2H6O/c1-4-5-9-19-35(2)20-18-27-37(24-13-7-12-23-36-21-10-6-11-22-36)32-39-29-30-41(40(33-39)28-16-17-31-42-3)43-34-38-25-14-8-15-26-38;1-3-2/h4-6,8-11,14-16,19,21-22,25-26,28-30,33,37H,2,7,12-13,17-18,20,23-24,27,31-32,34H2,1,3H3;1-2H3/b5-4-,19-9-,28-16-;. The van der Waals surface area contributed by atoms with Crippen molar-refractivity contribution in [3.05, 3.63) is 144 Å². The van der Waals surface area contributed by atoms with Gasteiger partial charge in [-0.1, -0.05) is 135 Å². The minimum Gasteiger partial charge on any atom is -0.488 e. The van der Waals surface area contributed by atoms with Crippen LogP contribution >= 0.6 is 0 Å². The average molecular weight is 623 g/mol. The summed E-state index contributed by atoms with van der Waals surface area (Å²) < 4.78 is 15.8. The van der Waals surface area contributed by atoms with Crippen LogP contribution in [-0.2, 0) is 28.9 Å². The van der Waals surface area contributed by atoms with Gasteiger partial charge in [0.15, 0.2) is 0 Å². The molecule has 0 spiro atoms. The largest absolute Gasteiger partial charge is 0.488 e. The minimum absolute atomic E-state index is 0.567. The molecule has 0 aromatic heterocycles. The van der Waals surface area contributed by atoms with E-state index in [2.05, 4.69) is 121 Å². The van der Waals surface area contributed by atoms with E-state index in [0.29, 0.717) is 12.5 Å². The highest BCUT2D eigenvalue weighted by atomic mass is 16.5. The molecular formula is C43H58O3. The first-order chi connectivity index (χ1) is 22.6. The molecular weight excluding hydrogens is 564 g/mol. The Morgan fingerprint density at radius 3 is 2.17 bits per heavy atom. The summed E-state index contributed by atoms with van der Waals surface area (Å²) in [5.74, 6) is 1.59. The van der Waals surface area contributed by atoms with Crippen LogP contribution in [0.4, 0.5) is 0 Å². The maximum atomic E-state index is 6.30. The van der Waals surface area contributed by atoms with Crippen LogP contribution in [0.25, 0.3) is 6.08 Å². The van der Waals surface area contributed by atoms with E-state index in [9.17, 15) is 0 Å². The molecule has 0 saturated heterocycles. The maximum Gasteiger partial charge on any atom is 0.127 e. The fourth-order valence-electron chi connectivity index (χ4n) is 5.39. The lowest BCUT2D eigenvalue weighted by Crippen LogP contribution is -2.06. The van der Waals surface area contributed by atoms with Gasteiger partial charge in [0.25, 0.3) is 0 Å². The second-order valence-corrected chi connectivity index (χ2v) is 11.8. The van der Waals surface area contributed by atoms with Crippen LogP contribution in [0.5, 0.6) is 5.75 Å². The summed E-state index contributed by atoms with van der Waals surface area (Å²) in [7, 11) is 5.00. The maximum absolute atomic E-state index is 6.30. The lowest BCUT2D eigenvalue weighted by atomic mass is 9.88. The quantitative estimate of drug-likeness (QED) is 0.0874. The highest BCUT2D eigenvalue weighted by Gasteiger charge is 2.12. The molecule has 3 aromatic carbocycles. The number of allylic oxidation sites excluding steroid dienone is 5. The Hall–Kier alpha value is -3.66. The Labute approximate surface area is 280 Å². The molecule has 0 radical (unpaired) electrons. The molecule has 0 amide bonds. The van der Waals surface area contributed by atoms with Crippen molar-refractivity contribution in [3.63, 3.8) is 0 Å². The zero-order valence-electron chi connectivity index (χ0n) is 29.0. The van der Waals surface area contributed by atoms with Crippen LogP contribution in [0.15, 0.2) is 121 Å². The van der Waals surface area contributed by atoms with E-state index < -0.39 is 0 Å². The van der Waals surface area contributed by atoms with E-state index in [4.69, 9.17) is 9.47 Å². The summed E-state index contributed by atoms with van der Waals surface area (Å²) in [6.07, 6.45) is 24.4. The van der Waals surface area contributed by atoms with Crippen LogP contribution in [0, 0.1) is 5.92 Å². The molecule has 0 fully saturated rings. The molecule has 1 unspecified atom stereocenters. The normalized spacial score (nSPS) is 12.0. The Morgan fingerprint density at radius 1 is 0.783 bits per heavy atom. The van der Waals surface area contributed by atoms with Gasteiger partial charge in [-0.05, 0) is 86.6 Å². The number of hydrogen-bond acceptors (Lipinski definition) is 3. The molecule has 0 aliphatic heterocycles. The van der Waals surface area contributed by atoms with Crippen LogP contribution in [0.2, 0.25) is 0 Å². The molecule has 3 rings (SSSR count). The van der Waals surface area contributed by atoms with Gasteiger partial charge in [0.05, 0.1) is 0 Å². The first-order valence-electron chi connectivity index (χ1n) is 17.0. The number of rotatable bonds is 21. The molecule has 0 aliphatic carbocycles. The molecule has 0 saturated carbocycles. The topological polar surface area (TPSA) is 27.7 Å². The van der Waals surface area contributed by atoms with Gasteiger partial charge in [0.2, 0.25) is 0 Å². The van der Waals surface area contributed by atoms with E-state index in [1.54, 1.807) is 21.3 Å². The molecule has 0 aliphatic rings. The second-order valence-electron chi connectivity index (χ2n) is 11.8. The minimum atomic E-state index is 0.567. The number of aryl methyl sites for hydroxylation is 1. The molecule has 0 N–H and O–H groups in total. The van der Waals surface area contributed by atoms with Gasteiger partial charge in [0.1, 0.15) is 12.4 Å². The van der Waals surface area contributed by atoms with E-state index in [-0.39, 0.29) is 0 Å². The van der Waals surface area contributed by atoms with Crippen molar-refractivity contribution < 1.29 is 14.2 Å². The van der Waals surface area contributed by atoms with Gasteiger partial charge in [-0.25, -0.2) is 0 Å². The van der Waals surface area contributed by atoms with Crippen molar-refractivity contribution in [3.8, 4) is 5.75 Å². The van der Waals surface area contributed by atoms with E-state index in [1.807, 2.05) is 13.0 Å². The number of methoxy groups -OCH3 is 2. The first-order valence-corrected chi connectivity index (χ1v) is 17.0. The third kappa shape index (κ3) is 17.7. The average Bonchev–Trinajstić information content (AvgIpc) is 3.07. The van der Waals surface area contributed by atoms with Gasteiger partial charge < -0.3 is 14.2 Å². The summed E-state index contributed by atoms with van der Waals surface area (Å²) in [6, 6.07) is 28.0. The number of ether oxygens (including phenoxy) is 3. The lowest BCUT2D eigenvalue weighted by molar-refractivity contribution is 0.204. The van der Waals surface area contributed by atoms with Crippen molar-refractivity contribution in [2.45, 2.75) is 77.7 Å². The van der Waals surface area contributed by atoms with Crippen molar-refractivity contribution in [1.29, 1.82) is 0 Å². The predicted molar refractivity (Wildman–Crippen MR) is 198 cm³/mol. The molecule has 3 aromatic rings. The van der Waals surface area contributed by atoms with Crippen molar-refractivity contribution in [2.24, 2.45) is 5.92 Å². The fraction of sp³-hybridized carbons (Fsp3) is 0.395. The van der Waals surface area contributed by atoms with Crippen LogP contribution in [-0.4, -0.2) is 27.9 Å². The summed E-state index contributed by atoms with van der Waals surface area (Å²) in [6.45, 7) is 7.60. The van der Waals surface area contributed by atoms with Gasteiger partial charge in [-0.2, -0.15) is 0 Å². The molecule has 0 heterocycles. The Morgan fingerprint density at radius 2 is 1.48 bits per heavy atom. The van der Waals surface area contributed by atoms with Gasteiger partial charge in [0, 0.05) is 33.5 Å². The van der Waals surface area contributed by atoms with Gasteiger partial charge >= 0.3 is 0 Å². The zero-order valence-corrected chi connectivity index (χ0v) is 29.0. The molecule has 3 nitrogen and oxygen atoms in total. The Bertz CT molecular complexity index is 1270. The van der Waals surface area contributed by atoms with E-state index in [0.717, 1.165) is 37.2 Å². The highest BCUT2D eigenvalue weighted by Crippen LogP contribution is 2.28. The highest BCUT2D eigenvalue weighted by molar-refractivity contribution is 5.58. The van der Waals surface area contributed by atoms with Crippen LogP contribution in [0.1, 0.15) is 80.5 Å². The fourth-order valence-corrected chi connectivity index (χ4v) is 5.39. The van der Waals surface area contributed by atoms with Gasteiger partial charge in [-0.15, -0.1) is 0 Å². The van der Waals surface area contributed by atoms with E-state index in [1.165, 1.54) is 67.2 Å². The molecule has 46 heavy (non-hydrogen) atoms. The summed E-state index contributed by atoms with van der Waals surface area (Å²) in [5.41, 5.74) is 6.37. The van der Waals surface area contributed by atoms with Crippen molar-refractivity contribution in [2.75, 3.05) is 27.9 Å². The zero-order chi connectivity index (χ0) is 33.1. The number of benzene rings is 3. The molecule has 3 heteroatoms. The summed E-state index contributed by atoms with van der Waals surface area (Å²) in [4.78, 5) is 0. The first kappa shape index (κ1) is 38.5. The summed E-state index contributed by atoms with van der Waals surface area (Å²) in [5, 5.41) is 0. The lowest BCUT2D eigenvalue weighted by Gasteiger charge is -2.19. The second kappa shape index (κ2) is 25.5. The molecule has 0 bridgehead atoms. The Balaban J connectivity index is 0.00000236. The smallest absolute Gasteiger partial charge is 0.127 e. The Kier molecular flexibility index (Phi) is 21.4. The summed E-state index contributed by atoms with van der Waals surface area (Å²) >= 11 is 0. The third-order valence-electron chi connectivity index (χ3n) is 7.79. The van der Waals surface area contributed by atoms with E-state index >= 15 is 0 Å². The van der Waals surface area contributed by atoms with Crippen molar-refractivity contribution in [1.82, 2.24) is 0 Å². The molecule has 1 atom stereocenters. The van der Waals surface area contributed by atoms with Gasteiger partial charge in [-0.3, -0.25) is 0 Å². The van der Waals surface area contributed by atoms with Crippen molar-refractivity contribution >= 4 is 6.08 Å². The predicted octanol–water partition coefficient (Wildman–Crippen LogP) is 11.4. The monoisotopic (exact) mass is 622 g/mol. The van der Waals surface area contributed by atoms with Crippen LogP contribution in [0.3, 0.4) is 0 Å². The SMILES string of the molecule is C=C(/C=C\C=C/C)CCCC(CCCCCc1ccccc1)Cc1ccc(OCc2ccccc2)c(/C=C\CCOC)c1.COC. The third-order valence-corrected chi connectivity index (χ3v) is 7.79. The number of hydrogen-bond donors (Lipinski definition) is 0.